The fourth-order valence-corrected chi connectivity index (χ4v) is 6.01. The molecule has 0 aliphatic carbocycles. The molecule has 1 aromatic carbocycles. The van der Waals surface area contributed by atoms with Gasteiger partial charge in [-0.05, 0) is 26.0 Å². The van der Waals surface area contributed by atoms with Gasteiger partial charge in [-0.15, -0.1) is 0 Å². The van der Waals surface area contributed by atoms with E-state index in [9.17, 15) is 26.3 Å². The summed E-state index contributed by atoms with van der Waals surface area (Å²) in [5.74, 6) is 0.638. The highest BCUT2D eigenvalue weighted by Gasteiger charge is 2.38. The lowest BCUT2D eigenvalue weighted by Gasteiger charge is -2.23. The zero-order chi connectivity index (χ0) is 26.5. The van der Waals surface area contributed by atoms with Gasteiger partial charge in [0.25, 0.3) is 0 Å². The number of para-hydroxylation sites is 1. The van der Waals surface area contributed by atoms with Crippen LogP contribution in [0.3, 0.4) is 0 Å². The number of fused-ring (bicyclic) bond motifs is 1. The molecule has 15 heteroatoms. The van der Waals surface area contributed by atoms with Crippen molar-refractivity contribution in [2.24, 2.45) is 0 Å². The maximum Gasteiger partial charge on any atom is 0.392 e. The Morgan fingerprint density at radius 2 is 1.75 bits per heavy atom. The first-order chi connectivity index (χ1) is 16.8. The van der Waals surface area contributed by atoms with Gasteiger partial charge in [0.2, 0.25) is 5.95 Å². The first kappa shape index (κ1) is 28.3. The van der Waals surface area contributed by atoms with Crippen molar-refractivity contribution in [1.82, 2.24) is 19.5 Å². The Morgan fingerprint density at radius 3 is 2.39 bits per heavy atom. The van der Waals surface area contributed by atoms with Crippen molar-refractivity contribution in [2.75, 3.05) is 31.0 Å². The Kier molecular flexibility index (Phi) is 9.28. The third-order valence-corrected chi connectivity index (χ3v) is 7.77. The lowest BCUT2D eigenvalue weighted by Crippen LogP contribution is -2.24. The molecule has 0 spiro atoms. The Bertz CT molecular complexity index is 1140. The summed E-state index contributed by atoms with van der Waals surface area (Å²) in [4.78, 5) is 13.6. The number of anilines is 1. The van der Waals surface area contributed by atoms with E-state index in [1.165, 1.54) is 18.1 Å². The van der Waals surface area contributed by atoms with Crippen LogP contribution in [0.4, 0.5) is 32.3 Å². The molecule has 0 aliphatic heterocycles. The van der Waals surface area contributed by atoms with Crippen molar-refractivity contribution in [3.8, 4) is 5.75 Å². The van der Waals surface area contributed by atoms with Crippen LogP contribution in [0.1, 0.15) is 13.8 Å². The minimum atomic E-state index is -4.70. The number of aromatic nitrogens is 4. The minimum Gasteiger partial charge on any atom is -0.493 e. The van der Waals surface area contributed by atoms with Crippen LogP contribution in [-0.2, 0) is 11.3 Å². The number of benzene rings is 1. The fourth-order valence-electron chi connectivity index (χ4n) is 3.27. The van der Waals surface area contributed by atoms with E-state index in [-0.39, 0.29) is 12.5 Å². The van der Waals surface area contributed by atoms with Gasteiger partial charge in [-0.1, -0.05) is 31.8 Å². The molecule has 0 radical (unpaired) electrons. The predicted octanol–water partition coefficient (Wildman–Crippen LogP) is 5.93. The van der Waals surface area contributed by atoms with Gasteiger partial charge in [0.15, 0.2) is 5.65 Å². The van der Waals surface area contributed by atoms with Crippen LogP contribution in [-0.4, -0.2) is 63.3 Å². The van der Waals surface area contributed by atoms with Crippen molar-refractivity contribution < 1.29 is 35.8 Å². The number of nitrogen functional groups attached to an aromatic ring is 1. The van der Waals surface area contributed by atoms with Gasteiger partial charge in [0.05, 0.1) is 49.2 Å². The van der Waals surface area contributed by atoms with Gasteiger partial charge in [-0.25, -0.2) is 9.97 Å². The van der Waals surface area contributed by atoms with E-state index in [2.05, 4.69) is 15.0 Å². The molecule has 0 saturated carbocycles. The average molecular weight is 555 g/mol. The molecule has 0 amide bonds. The molecule has 0 aliphatic rings. The molecule has 0 fully saturated rings. The normalized spacial score (nSPS) is 13.5. The van der Waals surface area contributed by atoms with Crippen LogP contribution >= 0.6 is 19.7 Å². The van der Waals surface area contributed by atoms with Gasteiger partial charge < -0.3 is 19.8 Å². The molecule has 36 heavy (non-hydrogen) atoms. The molecular formula is C21H24F6N5O2PS. The number of halogens is 6. The second-order valence-electron chi connectivity index (χ2n) is 7.76. The Labute approximate surface area is 208 Å². The molecular weight excluding hydrogens is 531 g/mol. The first-order valence-electron chi connectivity index (χ1n) is 10.7. The van der Waals surface area contributed by atoms with E-state index in [1.807, 2.05) is 31.2 Å². The number of ether oxygens (including phenoxy) is 2. The number of hydrogen-bond acceptors (Lipinski definition) is 7. The molecule has 0 saturated heterocycles. The summed E-state index contributed by atoms with van der Waals surface area (Å²) in [6.07, 6.45) is -12.3. The molecule has 2 heterocycles. The van der Waals surface area contributed by atoms with Gasteiger partial charge in [0.1, 0.15) is 16.3 Å². The summed E-state index contributed by atoms with van der Waals surface area (Å²) in [6.45, 7) is 3.98. The topological polar surface area (TPSA) is 88.1 Å². The smallest absolute Gasteiger partial charge is 0.392 e. The zero-order valence-corrected chi connectivity index (χ0v) is 21.0. The van der Waals surface area contributed by atoms with Crippen molar-refractivity contribution in [1.29, 1.82) is 0 Å². The Balaban J connectivity index is 1.75. The summed E-state index contributed by atoms with van der Waals surface area (Å²) in [7, 11) is -2.47. The molecule has 0 bridgehead atoms. The van der Waals surface area contributed by atoms with E-state index in [1.54, 1.807) is 11.5 Å². The van der Waals surface area contributed by atoms with E-state index in [4.69, 9.17) is 15.2 Å². The summed E-state index contributed by atoms with van der Waals surface area (Å²) >= 11 is 1.28. The quantitative estimate of drug-likeness (QED) is 0.178. The molecule has 1 unspecified atom stereocenters. The highest BCUT2D eigenvalue weighted by atomic mass is 32.2. The van der Waals surface area contributed by atoms with Gasteiger partial charge >= 0.3 is 12.4 Å². The van der Waals surface area contributed by atoms with Gasteiger partial charge in [-0.3, -0.25) is 0 Å². The number of imidazole rings is 1. The highest BCUT2D eigenvalue weighted by molar-refractivity contribution is 7.99. The molecule has 2 aromatic heterocycles. The van der Waals surface area contributed by atoms with Crippen molar-refractivity contribution in [3.63, 3.8) is 0 Å². The summed E-state index contributed by atoms with van der Waals surface area (Å²) in [6, 6.07) is 7.35. The predicted molar refractivity (Wildman–Crippen MR) is 126 cm³/mol. The van der Waals surface area contributed by atoms with Crippen LogP contribution in [0.2, 0.25) is 0 Å². The van der Waals surface area contributed by atoms with Crippen molar-refractivity contribution >= 4 is 36.8 Å². The summed E-state index contributed by atoms with van der Waals surface area (Å²) in [5.41, 5.74) is 6.70. The average Bonchev–Trinajstić information content (AvgIpc) is 3.14. The van der Waals surface area contributed by atoms with E-state index in [0.29, 0.717) is 28.5 Å². The van der Waals surface area contributed by atoms with Crippen molar-refractivity contribution in [2.45, 2.75) is 48.8 Å². The number of alkyl halides is 6. The third kappa shape index (κ3) is 8.38. The molecule has 1 atom stereocenters. The van der Waals surface area contributed by atoms with E-state index >= 15 is 0 Å². The maximum absolute atomic E-state index is 12.7. The zero-order valence-electron chi connectivity index (χ0n) is 19.3. The monoisotopic (exact) mass is 555 g/mol. The largest absolute Gasteiger partial charge is 0.493 e. The van der Waals surface area contributed by atoms with Crippen LogP contribution in [0, 0.1) is 0 Å². The minimum absolute atomic E-state index is 0.0203. The molecule has 7 nitrogen and oxygen atoms in total. The second kappa shape index (κ2) is 11.8. The first-order valence-corrected chi connectivity index (χ1v) is 13.4. The van der Waals surface area contributed by atoms with Gasteiger partial charge in [0, 0.05) is 0 Å². The third-order valence-electron chi connectivity index (χ3n) is 4.61. The van der Waals surface area contributed by atoms with E-state index in [0.717, 1.165) is 4.90 Å². The molecule has 3 aromatic rings. The lowest BCUT2D eigenvalue weighted by molar-refractivity contribution is -0.112. The SMILES string of the molecule is CCOc1ccccc1Sc1nc(N)nc2c1ncn2CC(C)OCP(CC(F)(F)F)CC(F)(F)F. The van der Waals surface area contributed by atoms with E-state index < -0.39 is 45.0 Å². The van der Waals surface area contributed by atoms with Crippen LogP contribution in [0.25, 0.3) is 11.2 Å². The van der Waals surface area contributed by atoms with Crippen LogP contribution in [0.15, 0.2) is 40.5 Å². The van der Waals surface area contributed by atoms with Crippen molar-refractivity contribution in [3.05, 3.63) is 30.6 Å². The van der Waals surface area contributed by atoms with Gasteiger partial charge in [-0.2, -0.15) is 31.3 Å². The molecule has 3 rings (SSSR count). The highest BCUT2D eigenvalue weighted by Crippen LogP contribution is 2.46. The summed E-state index contributed by atoms with van der Waals surface area (Å²) in [5, 5.41) is 0.468. The Morgan fingerprint density at radius 1 is 1.08 bits per heavy atom. The maximum atomic E-state index is 12.7. The fraction of sp³-hybridized carbons (Fsp3) is 0.476. The summed E-state index contributed by atoms with van der Waals surface area (Å²) < 4.78 is 89.0. The molecule has 2 N–H and O–H groups in total. The number of hydrogen-bond donors (Lipinski definition) is 1. The molecule has 198 valence electrons. The lowest BCUT2D eigenvalue weighted by atomic mass is 10.3. The number of nitrogens with zero attached hydrogens (tertiary/aromatic N) is 4. The van der Waals surface area contributed by atoms with Crippen LogP contribution in [0.5, 0.6) is 5.75 Å². The van der Waals surface area contributed by atoms with Crippen LogP contribution < -0.4 is 10.5 Å². The Hall–Kier alpha value is -2.31. The standard InChI is InChI=1S/C21H24F6N5O2PS/c1-3-33-14-6-4-5-7-15(14)36-18-16-17(30-19(28)31-18)32(11-29-16)8-13(2)34-12-35(9-20(22,23)24)10-21(25,26)27/h4-7,11,13H,3,8-10,12H2,1-2H3,(H2,28,30,31). The number of nitrogens with two attached hydrogens (primary N) is 1. The second-order valence-corrected chi connectivity index (χ2v) is 11.0. The number of rotatable bonds is 11.